The van der Waals surface area contributed by atoms with Crippen molar-refractivity contribution in [1.29, 1.82) is 0 Å². The lowest BCUT2D eigenvalue weighted by Gasteiger charge is -2.55. The molecule has 2 aromatic carbocycles. The molecule has 6 nitrogen and oxygen atoms in total. The van der Waals surface area contributed by atoms with Crippen molar-refractivity contribution < 1.29 is 19.0 Å². The number of anilines is 1. The molecule has 0 unspecified atom stereocenters. The lowest BCUT2D eigenvalue weighted by molar-refractivity contribution is -0.183. The van der Waals surface area contributed by atoms with Gasteiger partial charge in [-0.2, -0.15) is 0 Å². The molecule has 1 saturated carbocycles. The van der Waals surface area contributed by atoms with Gasteiger partial charge in [-0.1, -0.05) is 69.2 Å². The Balaban J connectivity index is 1.03. The number of amides is 1. The predicted molar refractivity (Wildman–Crippen MR) is 169 cm³/mol. The molecule has 3 aliphatic rings. The van der Waals surface area contributed by atoms with Crippen LogP contribution in [0.1, 0.15) is 95.1 Å². The molecule has 2 saturated heterocycles. The van der Waals surface area contributed by atoms with Crippen LogP contribution < -0.4 is 4.90 Å². The molecule has 42 heavy (non-hydrogen) atoms. The van der Waals surface area contributed by atoms with Crippen molar-refractivity contribution in [1.82, 2.24) is 4.90 Å². The Bertz CT molecular complexity index is 1060. The highest BCUT2D eigenvalue weighted by Crippen LogP contribution is 2.48. The van der Waals surface area contributed by atoms with Crippen molar-refractivity contribution in [2.75, 3.05) is 44.3 Å². The van der Waals surface area contributed by atoms with Crippen LogP contribution in [0, 0.1) is 11.3 Å². The molecule has 0 aromatic heterocycles. The number of nitrogens with zero attached hydrogens (tertiary/aromatic N) is 2. The lowest BCUT2D eigenvalue weighted by Crippen LogP contribution is -2.58. The number of carbonyl (C=O) groups is 1. The number of likely N-dealkylation sites (tertiary alicyclic amines) is 1. The summed E-state index contributed by atoms with van der Waals surface area (Å²) < 4.78 is 18.0. The van der Waals surface area contributed by atoms with E-state index in [0.29, 0.717) is 23.9 Å². The van der Waals surface area contributed by atoms with E-state index in [0.717, 1.165) is 70.4 Å². The minimum Gasteiger partial charge on any atom is -0.445 e. The fraction of sp³-hybridized carbons (Fsp3) is 0.639. The zero-order valence-corrected chi connectivity index (χ0v) is 26.0. The number of ether oxygens (including phenoxy) is 3. The van der Waals surface area contributed by atoms with E-state index in [4.69, 9.17) is 14.2 Å². The number of carbonyl (C=O) groups excluding carboxylic acids is 1. The van der Waals surface area contributed by atoms with Gasteiger partial charge in [-0.25, -0.2) is 4.79 Å². The Morgan fingerprint density at radius 1 is 0.857 bits per heavy atom. The smallest absolute Gasteiger partial charge is 0.410 e. The summed E-state index contributed by atoms with van der Waals surface area (Å²) >= 11 is 0. The number of unbranched alkanes of at least 4 members (excludes halogenated alkanes) is 2. The van der Waals surface area contributed by atoms with Crippen molar-refractivity contribution in [2.24, 2.45) is 11.3 Å². The van der Waals surface area contributed by atoms with Gasteiger partial charge in [-0.05, 0) is 80.5 Å². The highest BCUT2D eigenvalue weighted by atomic mass is 16.7. The molecule has 3 fully saturated rings. The minimum absolute atomic E-state index is 0.0176. The van der Waals surface area contributed by atoms with Gasteiger partial charge in [0.2, 0.25) is 0 Å². The molecule has 2 heterocycles. The second-order valence-electron chi connectivity index (χ2n) is 12.9. The van der Waals surface area contributed by atoms with E-state index in [1.807, 2.05) is 35.2 Å². The van der Waals surface area contributed by atoms with Crippen LogP contribution in [0.25, 0.3) is 0 Å². The van der Waals surface area contributed by atoms with Crippen LogP contribution in [0.4, 0.5) is 10.5 Å². The average molecular weight is 577 g/mol. The van der Waals surface area contributed by atoms with E-state index >= 15 is 0 Å². The van der Waals surface area contributed by atoms with Gasteiger partial charge < -0.3 is 24.0 Å². The summed E-state index contributed by atoms with van der Waals surface area (Å²) in [5.41, 5.74) is 4.23. The van der Waals surface area contributed by atoms with Crippen LogP contribution in [-0.4, -0.2) is 56.7 Å². The standard InChI is InChI=1S/C36H52N2O4/c1-3-5-24-40-34(41-25-6-4-2)32-16-20-36(21-17-32)27-38(28-36)33-14-12-30(13-15-33)31-18-22-37(23-19-31)35(39)42-26-29-10-8-7-9-11-29/h7-15,31-32,34H,3-6,16-28H2,1-2H3. The van der Waals surface area contributed by atoms with E-state index < -0.39 is 0 Å². The Hall–Kier alpha value is -2.57. The fourth-order valence-corrected chi connectivity index (χ4v) is 6.96. The molecule has 0 radical (unpaired) electrons. The number of hydrogen-bond donors (Lipinski definition) is 0. The third-order valence-corrected chi connectivity index (χ3v) is 9.78. The number of benzene rings is 2. The van der Waals surface area contributed by atoms with Gasteiger partial charge >= 0.3 is 6.09 Å². The quantitative estimate of drug-likeness (QED) is 0.178. The fourth-order valence-electron chi connectivity index (χ4n) is 6.96. The number of hydrogen-bond acceptors (Lipinski definition) is 5. The molecule has 2 aliphatic heterocycles. The van der Waals surface area contributed by atoms with E-state index in [9.17, 15) is 4.79 Å². The topological polar surface area (TPSA) is 51.2 Å². The summed E-state index contributed by atoms with van der Waals surface area (Å²) in [4.78, 5) is 17.0. The van der Waals surface area contributed by atoms with Gasteiger partial charge in [0.05, 0.1) is 0 Å². The Labute approximate surface area is 253 Å². The summed E-state index contributed by atoms with van der Waals surface area (Å²) in [6.07, 6.45) is 11.3. The third-order valence-electron chi connectivity index (χ3n) is 9.78. The van der Waals surface area contributed by atoms with Crippen LogP contribution in [0.15, 0.2) is 54.6 Å². The second-order valence-corrected chi connectivity index (χ2v) is 12.9. The first-order chi connectivity index (χ1) is 20.6. The predicted octanol–water partition coefficient (Wildman–Crippen LogP) is 8.16. The molecule has 0 atom stereocenters. The highest BCUT2D eigenvalue weighted by molar-refractivity contribution is 5.67. The summed E-state index contributed by atoms with van der Waals surface area (Å²) in [5.74, 6) is 1.04. The van der Waals surface area contributed by atoms with Gasteiger partial charge in [-0.15, -0.1) is 0 Å². The first-order valence-corrected chi connectivity index (χ1v) is 16.6. The van der Waals surface area contributed by atoms with Gasteiger partial charge in [0.25, 0.3) is 0 Å². The second kappa shape index (κ2) is 15.2. The molecule has 5 rings (SSSR count). The van der Waals surface area contributed by atoms with Crippen molar-refractivity contribution >= 4 is 11.8 Å². The molecular weight excluding hydrogens is 524 g/mol. The first-order valence-electron chi connectivity index (χ1n) is 16.6. The molecule has 1 amide bonds. The monoisotopic (exact) mass is 576 g/mol. The van der Waals surface area contributed by atoms with E-state index in [2.05, 4.69) is 43.0 Å². The molecule has 0 bridgehead atoms. The number of rotatable bonds is 13. The maximum atomic E-state index is 12.5. The van der Waals surface area contributed by atoms with Crippen molar-refractivity contribution in [3.8, 4) is 0 Å². The van der Waals surface area contributed by atoms with Crippen LogP contribution >= 0.6 is 0 Å². The summed E-state index contributed by atoms with van der Waals surface area (Å²) in [5, 5.41) is 0. The molecular formula is C36H52N2O4. The lowest BCUT2D eigenvalue weighted by atomic mass is 9.65. The summed E-state index contributed by atoms with van der Waals surface area (Å²) in [6.45, 7) is 10.2. The molecule has 0 N–H and O–H groups in total. The van der Waals surface area contributed by atoms with Gasteiger partial charge in [0.15, 0.2) is 6.29 Å². The van der Waals surface area contributed by atoms with E-state index in [1.165, 1.54) is 50.0 Å². The zero-order chi connectivity index (χ0) is 29.2. The van der Waals surface area contributed by atoms with Gasteiger partial charge in [-0.3, -0.25) is 0 Å². The van der Waals surface area contributed by atoms with Crippen LogP contribution in [0.2, 0.25) is 0 Å². The van der Waals surface area contributed by atoms with Crippen LogP contribution in [0.3, 0.4) is 0 Å². The Morgan fingerprint density at radius 2 is 1.48 bits per heavy atom. The number of piperidine rings is 1. The van der Waals surface area contributed by atoms with Crippen LogP contribution in [-0.2, 0) is 20.8 Å². The van der Waals surface area contributed by atoms with Gasteiger partial charge in [0.1, 0.15) is 6.61 Å². The summed E-state index contributed by atoms with van der Waals surface area (Å²) in [6, 6.07) is 19.1. The molecule has 1 aliphatic carbocycles. The molecule has 2 aromatic rings. The van der Waals surface area contributed by atoms with Gasteiger partial charge in [0, 0.05) is 56.4 Å². The molecule has 6 heteroatoms. The SMILES string of the molecule is CCCCOC(OCCCC)C1CCC2(CC1)CN(c1ccc(C3CCN(C(=O)OCc4ccccc4)CC3)cc1)C2. The molecule has 230 valence electrons. The maximum absolute atomic E-state index is 12.5. The Kier molecular flexibility index (Phi) is 11.2. The maximum Gasteiger partial charge on any atom is 0.410 e. The van der Waals surface area contributed by atoms with Crippen LogP contribution in [0.5, 0.6) is 0 Å². The van der Waals surface area contributed by atoms with E-state index in [-0.39, 0.29) is 12.4 Å². The van der Waals surface area contributed by atoms with E-state index in [1.54, 1.807) is 0 Å². The summed E-state index contributed by atoms with van der Waals surface area (Å²) in [7, 11) is 0. The first kappa shape index (κ1) is 30.9. The minimum atomic E-state index is -0.197. The van der Waals surface area contributed by atoms with Crippen molar-refractivity contribution in [3.05, 3.63) is 65.7 Å². The van der Waals surface area contributed by atoms with Crippen molar-refractivity contribution in [2.45, 2.75) is 96.9 Å². The third kappa shape index (κ3) is 8.08. The zero-order valence-electron chi connectivity index (χ0n) is 26.0. The molecule has 1 spiro atoms. The Morgan fingerprint density at radius 3 is 2.07 bits per heavy atom. The van der Waals surface area contributed by atoms with Crippen molar-refractivity contribution in [3.63, 3.8) is 0 Å². The average Bonchev–Trinajstić information content (AvgIpc) is 3.03. The largest absolute Gasteiger partial charge is 0.445 e. The highest BCUT2D eigenvalue weighted by Gasteiger charge is 2.46. The normalized spacial score (nSPS) is 19.3.